The van der Waals surface area contributed by atoms with Crippen molar-refractivity contribution < 1.29 is 23.4 Å². The maximum absolute atomic E-state index is 17.1. The predicted octanol–water partition coefficient (Wildman–Crippen LogP) is 4.72. The number of hydrogen-bond acceptors (Lipinski definition) is 9. The Morgan fingerprint density at radius 2 is 1.87 bits per heavy atom. The molecule has 11 heteroatoms. The second kappa shape index (κ2) is 11.3. The van der Waals surface area contributed by atoms with E-state index in [1.807, 2.05) is 0 Å². The Bertz CT molecular complexity index is 2000. The van der Waals surface area contributed by atoms with Crippen LogP contribution in [0.25, 0.3) is 32.8 Å². The number of nitrogens with zero attached hydrogens (tertiary/aromatic N) is 5. The zero-order chi connectivity index (χ0) is 32.4. The van der Waals surface area contributed by atoms with E-state index < -0.39 is 11.6 Å². The number of rotatable bonds is 8. The molecule has 2 bridgehead atoms. The highest BCUT2D eigenvalue weighted by Gasteiger charge is 2.47. The van der Waals surface area contributed by atoms with Crippen LogP contribution in [0, 0.1) is 40.7 Å². The van der Waals surface area contributed by atoms with Crippen molar-refractivity contribution in [3.8, 4) is 41.3 Å². The summed E-state index contributed by atoms with van der Waals surface area (Å²) in [5.41, 5.74) is -0.147. The molecule has 1 aliphatic carbocycles. The van der Waals surface area contributed by atoms with E-state index in [-0.39, 0.29) is 68.5 Å². The summed E-state index contributed by atoms with van der Waals surface area (Å²) in [4.78, 5) is 13.9. The first-order chi connectivity index (χ1) is 22.8. The van der Waals surface area contributed by atoms with Gasteiger partial charge in [0.05, 0.1) is 29.9 Å². The third-order valence-corrected chi connectivity index (χ3v) is 10.3. The molecule has 240 valence electrons. The first-order valence-electron chi connectivity index (χ1n) is 16.0. The van der Waals surface area contributed by atoms with Crippen molar-refractivity contribution in [1.82, 2.24) is 20.2 Å². The fourth-order valence-electron chi connectivity index (χ4n) is 7.60. The fourth-order valence-corrected chi connectivity index (χ4v) is 7.60. The van der Waals surface area contributed by atoms with Gasteiger partial charge in [-0.2, -0.15) is 15.2 Å². The quantitative estimate of drug-likeness (QED) is 0.266. The Morgan fingerprint density at radius 1 is 1.11 bits per heavy atom. The number of benzene rings is 3. The zero-order valence-corrected chi connectivity index (χ0v) is 26.0. The molecule has 2 N–H and O–H groups in total. The number of likely N-dealkylation sites (tertiary alicyclic amines) is 1. The predicted molar refractivity (Wildman–Crippen MR) is 173 cm³/mol. The van der Waals surface area contributed by atoms with E-state index >= 15 is 4.39 Å². The summed E-state index contributed by atoms with van der Waals surface area (Å²) in [7, 11) is 1.73. The van der Waals surface area contributed by atoms with Crippen molar-refractivity contribution in [2.75, 3.05) is 51.3 Å². The molecule has 1 saturated carbocycles. The standard InChI is InChI=1S/C36H34F2N6O3/c1-3-26-29(37)7-4-20-10-24(45)12-27(30(20)26)31-21(13-39)11-28-33(32(31)38)41-35(42-34(28)44-14-22-5-6-23(15-44)40-22)47-19-36(8-9-36)18-43-16-25(17-43)46-2/h1,4,7,10-12,22-23,25,40,45H,5-6,8-9,14-19H2,2H3. The number of aromatic nitrogens is 2. The molecule has 8 rings (SSSR count). The zero-order valence-electron chi connectivity index (χ0n) is 26.0. The van der Waals surface area contributed by atoms with Crippen LogP contribution in [0.15, 0.2) is 30.3 Å². The van der Waals surface area contributed by atoms with E-state index in [0.29, 0.717) is 36.3 Å². The monoisotopic (exact) mass is 636 g/mol. The Hall–Kier alpha value is -4.55. The molecule has 3 saturated heterocycles. The summed E-state index contributed by atoms with van der Waals surface area (Å²) in [5.74, 6) is 1.25. The normalized spacial score (nSPS) is 21.9. The third kappa shape index (κ3) is 5.19. The van der Waals surface area contributed by atoms with Gasteiger partial charge < -0.3 is 24.8 Å². The molecule has 3 aromatic carbocycles. The summed E-state index contributed by atoms with van der Waals surface area (Å²) >= 11 is 0. The van der Waals surface area contributed by atoms with Crippen LogP contribution < -0.4 is 15.0 Å². The Morgan fingerprint density at radius 3 is 2.55 bits per heavy atom. The molecule has 4 heterocycles. The number of phenols is 1. The number of fused-ring (bicyclic) bond motifs is 4. The molecule has 3 aliphatic heterocycles. The molecule has 1 aromatic heterocycles. The highest BCUT2D eigenvalue weighted by atomic mass is 19.1. The topological polar surface area (TPSA) is 107 Å². The SMILES string of the molecule is C#Cc1c(F)ccc2cc(O)cc(-c3c(C#N)cc4c(N5CC6CCC(C5)N6)nc(OCC5(CN6CC(OC)C6)CC5)nc4c3F)c12. The average molecular weight is 637 g/mol. The highest BCUT2D eigenvalue weighted by molar-refractivity contribution is 6.05. The lowest BCUT2D eigenvalue weighted by molar-refractivity contribution is -0.0410. The van der Waals surface area contributed by atoms with Crippen molar-refractivity contribution in [1.29, 1.82) is 5.26 Å². The summed E-state index contributed by atoms with van der Waals surface area (Å²) in [6.07, 6.45) is 10.1. The Kier molecular flexibility index (Phi) is 7.17. The minimum atomic E-state index is -0.794. The van der Waals surface area contributed by atoms with Crippen LogP contribution in [-0.4, -0.2) is 84.6 Å². The number of piperazine rings is 1. The minimum absolute atomic E-state index is 0.00778. The number of anilines is 1. The molecule has 0 amide bonds. The largest absolute Gasteiger partial charge is 0.508 e. The van der Waals surface area contributed by atoms with E-state index in [9.17, 15) is 14.8 Å². The lowest BCUT2D eigenvalue weighted by Gasteiger charge is -2.40. The van der Waals surface area contributed by atoms with Gasteiger partial charge in [0.1, 0.15) is 22.9 Å². The van der Waals surface area contributed by atoms with E-state index in [4.69, 9.17) is 20.9 Å². The number of halogens is 2. The number of nitrogens with one attached hydrogen (secondary N) is 1. The molecule has 4 aromatic rings. The molecule has 2 unspecified atom stereocenters. The second-order valence-electron chi connectivity index (χ2n) is 13.5. The van der Waals surface area contributed by atoms with Gasteiger partial charge in [-0.1, -0.05) is 12.0 Å². The van der Waals surface area contributed by atoms with E-state index in [1.165, 1.54) is 24.3 Å². The maximum Gasteiger partial charge on any atom is 0.319 e. The van der Waals surface area contributed by atoms with Crippen LogP contribution >= 0.6 is 0 Å². The summed E-state index contributed by atoms with van der Waals surface area (Å²) in [6, 6.07) is 9.74. The van der Waals surface area contributed by atoms with Gasteiger partial charge in [-0.05, 0) is 60.9 Å². The molecule has 47 heavy (non-hydrogen) atoms. The number of hydrogen-bond donors (Lipinski definition) is 2. The first kappa shape index (κ1) is 29.8. The summed E-state index contributed by atoms with van der Waals surface area (Å²) < 4.78 is 43.8. The Labute approximate surface area is 271 Å². The van der Waals surface area contributed by atoms with Crippen molar-refractivity contribution in [3.63, 3.8) is 0 Å². The lowest BCUT2D eigenvalue weighted by atomic mass is 9.90. The number of phenolic OH excluding ortho intramolecular Hbond substituents is 1. The van der Waals surface area contributed by atoms with Crippen molar-refractivity contribution in [2.45, 2.75) is 43.9 Å². The number of methoxy groups -OCH3 is 1. The number of terminal acetylenes is 1. The van der Waals surface area contributed by atoms with Gasteiger partial charge in [0, 0.05) is 73.7 Å². The van der Waals surface area contributed by atoms with Gasteiger partial charge in [0.25, 0.3) is 0 Å². The molecule has 9 nitrogen and oxygen atoms in total. The van der Waals surface area contributed by atoms with Gasteiger partial charge in [-0.15, -0.1) is 6.42 Å². The summed E-state index contributed by atoms with van der Waals surface area (Å²) in [6.45, 7) is 4.42. The van der Waals surface area contributed by atoms with Gasteiger partial charge >= 0.3 is 6.01 Å². The maximum atomic E-state index is 17.1. The molecule has 4 aliphatic rings. The van der Waals surface area contributed by atoms with Crippen molar-refractivity contribution in [2.24, 2.45) is 5.41 Å². The second-order valence-corrected chi connectivity index (χ2v) is 13.5. The van der Waals surface area contributed by atoms with E-state index in [0.717, 1.165) is 45.3 Å². The van der Waals surface area contributed by atoms with Crippen LogP contribution in [-0.2, 0) is 4.74 Å². The number of nitriles is 1. The van der Waals surface area contributed by atoms with E-state index in [2.05, 4.69) is 32.1 Å². The lowest BCUT2D eigenvalue weighted by Crippen LogP contribution is -2.54. The van der Waals surface area contributed by atoms with Crippen LogP contribution in [0.3, 0.4) is 0 Å². The fraction of sp³-hybridized carbons (Fsp3) is 0.417. The molecule has 0 radical (unpaired) electrons. The minimum Gasteiger partial charge on any atom is -0.508 e. The molecular weight excluding hydrogens is 602 g/mol. The summed E-state index contributed by atoms with van der Waals surface area (Å²) in [5, 5.41) is 25.6. The average Bonchev–Trinajstić information content (AvgIpc) is 3.75. The highest BCUT2D eigenvalue weighted by Crippen LogP contribution is 2.48. The van der Waals surface area contributed by atoms with Crippen molar-refractivity contribution >= 4 is 27.5 Å². The first-order valence-corrected chi connectivity index (χ1v) is 16.0. The molecule has 0 spiro atoms. The number of aromatic hydroxyl groups is 1. The Balaban J connectivity index is 1.26. The molecule has 2 atom stereocenters. The van der Waals surface area contributed by atoms with Crippen LogP contribution in [0.5, 0.6) is 11.8 Å². The van der Waals surface area contributed by atoms with Crippen LogP contribution in [0.4, 0.5) is 14.6 Å². The van der Waals surface area contributed by atoms with Crippen molar-refractivity contribution in [3.05, 3.63) is 53.1 Å². The van der Waals surface area contributed by atoms with E-state index in [1.54, 1.807) is 13.2 Å². The smallest absolute Gasteiger partial charge is 0.319 e. The van der Waals surface area contributed by atoms with Crippen LogP contribution in [0.1, 0.15) is 36.8 Å². The number of ether oxygens (including phenoxy) is 2. The van der Waals surface area contributed by atoms with Gasteiger partial charge in [0.15, 0.2) is 5.82 Å². The van der Waals surface area contributed by atoms with Gasteiger partial charge in [0.2, 0.25) is 0 Å². The van der Waals surface area contributed by atoms with Gasteiger partial charge in [-0.3, -0.25) is 4.90 Å². The van der Waals surface area contributed by atoms with Gasteiger partial charge in [-0.25, -0.2) is 8.78 Å². The molecular formula is C36H34F2N6O3. The van der Waals surface area contributed by atoms with Crippen LogP contribution in [0.2, 0.25) is 0 Å². The molecule has 4 fully saturated rings. The third-order valence-electron chi connectivity index (χ3n) is 10.3.